The van der Waals surface area contributed by atoms with Gasteiger partial charge in [-0.3, -0.25) is 14.2 Å². The second-order valence-electron chi connectivity index (χ2n) is 8.78. The number of hydrogen-bond donors (Lipinski definition) is 1. The number of fused-ring (bicyclic) bond motifs is 1. The van der Waals surface area contributed by atoms with E-state index in [2.05, 4.69) is 28.9 Å². The highest BCUT2D eigenvalue weighted by atomic mass is 16.8. The van der Waals surface area contributed by atoms with Gasteiger partial charge in [0.2, 0.25) is 16.9 Å². The standard InChI is InChI=1S/C21H28N4O5/c1-14(2)11-19(26)24-9-7-21(8-10-24)6-5-16(29-21)13-22-20(27)15-3-4-18-17(12-15)23-30-25(18)28/h3-4,12,14,16H,5-11,13H2,1-2H3,(H,22,27). The Hall–Kier alpha value is -2.68. The number of ether oxygens (including phenoxy) is 1. The number of amides is 2. The summed E-state index contributed by atoms with van der Waals surface area (Å²) in [5, 5.41) is 17.9. The third-order valence-electron chi connectivity index (χ3n) is 6.09. The van der Waals surface area contributed by atoms with Gasteiger partial charge in [0.25, 0.3) is 5.91 Å². The van der Waals surface area contributed by atoms with Gasteiger partial charge in [-0.05, 0) is 48.6 Å². The second kappa shape index (κ2) is 8.22. The van der Waals surface area contributed by atoms with Crippen LogP contribution in [0.15, 0.2) is 22.8 Å². The summed E-state index contributed by atoms with van der Waals surface area (Å²) >= 11 is 0. The smallest absolute Gasteiger partial charge is 0.251 e. The van der Waals surface area contributed by atoms with E-state index in [9.17, 15) is 14.8 Å². The van der Waals surface area contributed by atoms with Crippen molar-refractivity contribution in [2.45, 2.75) is 57.7 Å². The Kier molecular flexibility index (Phi) is 5.64. The molecule has 2 saturated heterocycles. The van der Waals surface area contributed by atoms with Crippen LogP contribution in [0.3, 0.4) is 0 Å². The fourth-order valence-corrected chi connectivity index (χ4v) is 4.37. The van der Waals surface area contributed by atoms with E-state index in [0.29, 0.717) is 34.9 Å². The lowest BCUT2D eigenvalue weighted by Crippen LogP contribution is -2.47. The summed E-state index contributed by atoms with van der Waals surface area (Å²) < 4.78 is 10.9. The lowest BCUT2D eigenvalue weighted by atomic mass is 9.88. The average molecular weight is 416 g/mol. The van der Waals surface area contributed by atoms with E-state index in [1.54, 1.807) is 6.07 Å². The summed E-state index contributed by atoms with van der Waals surface area (Å²) in [6.07, 6.45) is 4.09. The number of rotatable bonds is 5. The summed E-state index contributed by atoms with van der Waals surface area (Å²) in [5.41, 5.74) is 0.866. The van der Waals surface area contributed by atoms with Crippen LogP contribution in [0.5, 0.6) is 0 Å². The molecule has 1 spiro atoms. The maximum atomic E-state index is 12.5. The minimum absolute atomic E-state index is 0.0357. The molecule has 1 N–H and O–H groups in total. The highest BCUT2D eigenvalue weighted by molar-refractivity contribution is 5.96. The quantitative estimate of drug-likeness (QED) is 0.744. The molecule has 162 valence electrons. The molecule has 0 saturated carbocycles. The van der Waals surface area contributed by atoms with E-state index < -0.39 is 0 Å². The van der Waals surface area contributed by atoms with Crippen molar-refractivity contribution in [3.63, 3.8) is 0 Å². The Labute approximate surface area is 174 Å². The van der Waals surface area contributed by atoms with Gasteiger partial charge in [0.15, 0.2) is 0 Å². The number of aromatic nitrogens is 2. The van der Waals surface area contributed by atoms with Crippen molar-refractivity contribution in [1.82, 2.24) is 15.4 Å². The first-order valence-corrected chi connectivity index (χ1v) is 10.6. The van der Waals surface area contributed by atoms with Gasteiger partial charge in [-0.15, -0.1) is 0 Å². The molecule has 1 atom stereocenters. The Bertz CT molecular complexity index is 933. The highest BCUT2D eigenvalue weighted by Gasteiger charge is 2.43. The summed E-state index contributed by atoms with van der Waals surface area (Å²) in [6.45, 7) is 6.03. The number of benzene rings is 1. The Morgan fingerprint density at radius 1 is 1.33 bits per heavy atom. The molecule has 0 aliphatic carbocycles. The molecule has 1 unspecified atom stereocenters. The molecule has 2 aromatic rings. The first kappa shape index (κ1) is 20.6. The number of likely N-dealkylation sites (tertiary alicyclic amines) is 1. The molecule has 0 radical (unpaired) electrons. The van der Waals surface area contributed by atoms with Crippen LogP contribution in [0.4, 0.5) is 0 Å². The van der Waals surface area contributed by atoms with E-state index in [1.165, 1.54) is 12.1 Å². The molecule has 2 aliphatic rings. The maximum Gasteiger partial charge on any atom is 0.251 e. The van der Waals surface area contributed by atoms with Gasteiger partial charge in [0, 0.05) is 42.8 Å². The van der Waals surface area contributed by atoms with Gasteiger partial charge < -0.3 is 20.2 Å². The fraction of sp³-hybridized carbons (Fsp3) is 0.619. The number of piperidine rings is 1. The van der Waals surface area contributed by atoms with Crippen molar-refractivity contribution in [3.05, 3.63) is 29.0 Å². The summed E-state index contributed by atoms with van der Waals surface area (Å²) in [5.74, 6) is 0.361. The zero-order valence-electron chi connectivity index (χ0n) is 17.4. The van der Waals surface area contributed by atoms with Crippen molar-refractivity contribution in [3.8, 4) is 0 Å². The van der Waals surface area contributed by atoms with Crippen molar-refractivity contribution in [1.29, 1.82) is 0 Å². The van der Waals surface area contributed by atoms with Gasteiger partial charge in [0.05, 0.1) is 11.7 Å². The predicted octanol–water partition coefficient (Wildman–Crippen LogP) is 1.78. The van der Waals surface area contributed by atoms with Crippen LogP contribution in [0.2, 0.25) is 0 Å². The Morgan fingerprint density at radius 3 is 2.83 bits per heavy atom. The lowest BCUT2D eigenvalue weighted by molar-refractivity contribution is -0.782. The molecule has 1 aromatic carbocycles. The van der Waals surface area contributed by atoms with Crippen LogP contribution in [0, 0.1) is 11.1 Å². The number of nitrogens with one attached hydrogen (secondary N) is 1. The van der Waals surface area contributed by atoms with Crippen molar-refractivity contribution < 1.29 is 23.9 Å². The number of carbonyl (C=O) groups excluding carboxylic acids is 2. The Balaban J connectivity index is 1.27. The van der Waals surface area contributed by atoms with Gasteiger partial charge in [-0.1, -0.05) is 13.8 Å². The van der Waals surface area contributed by atoms with Gasteiger partial charge >= 0.3 is 0 Å². The molecule has 2 aliphatic heterocycles. The van der Waals surface area contributed by atoms with E-state index in [-0.39, 0.29) is 29.0 Å². The summed E-state index contributed by atoms with van der Waals surface area (Å²) in [7, 11) is 0. The third-order valence-corrected chi connectivity index (χ3v) is 6.09. The SMILES string of the molecule is CC(C)CC(=O)N1CCC2(CCC(CNC(=O)c3ccc4c(c3)no[n+]4[O-])O2)CC1. The topological polar surface area (TPSA) is 112 Å². The molecule has 9 nitrogen and oxygen atoms in total. The minimum atomic E-state index is -0.240. The molecular formula is C21H28N4O5. The van der Waals surface area contributed by atoms with E-state index in [1.807, 2.05) is 4.90 Å². The zero-order chi connectivity index (χ0) is 21.3. The van der Waals surface area contributed by atoms with E-state index in [0.717, 1.165) is 38.8 Å². The van der Waals surface area contributed by atoms with Crippen molar-refractivity contribution in [2.75, 3.05) is 19.6 Å². The van der Waals surface area contributed by atoms with Crippen LogP contribution in [-0.4, -0.2) is 53.2 Å². The Morgan fingerprint density at radius 2 is 2.10 bits per heavy atom. The molecule has 3 heterocycles. The van der Waals surface area contributed by atoms with E-state index >= 15 is 0 Å². The van der Waals surface area contributed by atoms with Gasteiger partial charge in [0.1, 0.15) is 0 Å². The van der Waals surface area contributed by atoms with Crippen LogP contribution in [-0.2, 0) is 9.53 Å². The lowest BCUT2D eigenvalue weighted by Gasteiger charge is -2.39. The number of nitrogens with zero attached hydrogens (tertiary/aromatic N) is 3. The fourth-order valence-electron chi connectivity index (χ4n) is 4.37. The second-order valence-corrected chi connectivity index (χ2v) is 8.78. The molecule has 30 heavy (non-hydrogen) atoms. The monoisotopic (exact) mass is 416 g/mol. The van der Waals surface area contributed by atoms with Crippen LogP contribution in [0.25, 0.3) is 11.0 Å². The maximum absolute atomic E-state index is 12.5. The third kappa shape index (κ3) is 4.26. The molecule has 4 rings (SSSR count). The van der Waals surface area contributed by atoms with Gasteiger partial charge in [-0.2, -0.15) is 0 Å². The normalized spacial score (nSPS) is 20.9. The summed E-state index contributed by atoms with van der Waals surface area (Å²) in [6, 6.07) is 4.62. The molecule has 2 amide bonds. The van der Waals surface area contributed by atoms with E-state index in [4.69, 9.17) is 4.74 Å². The van der Waals surface area contributed by atoms with Crippen LogP contribution < -0.4 is 10.2 Å². The average Bonchev–Trinajstić information content (AvgIpc) is 3.29. The predicted molar refractivity (Wildman–Crippen MR) is 107 cm³/mol. The molecule has 1 aromatic heterocycles. The minimum Gasteiger partial charge on any atom is -0.370 e. The largest absolute Gasteiger partial charge is 0.370 e. The number of hydrogen-bond acceptors (Lipinski definition) is 6. The van der Waals surface area contributed by atoms with Crippen LogP contribution in [0.1, 0.15) is 56.3 Å². The van der Waals surface area contributed by atoms with Crippen molar-refractivity contribution in [2.24, 2.45) is 5.92 Å². The molecule has 2 fully saturated rings. The number of carbonyl (C=O) groups is 2. The molecular weight excluding hydrogens is 388 g/mol. The molecule has 9 heteroatoms. The summed E-state index contributed by atoms with van der Waals surface area (Å²) in [4.78, 5) is 27.0. The first-order chi connectivity index (χ1) is 14.3. The first-order valence-electron chi connectivity index (χ1n) is 10.6. The van der Waals surface area contributed by atoms with Crippen LogP contribution >= 0.6 is 0 Å². The zero-order valence-corrected chi connectivity index (χ0v) is 17.4. The molecule has 0 bridgehead atoms. The van der Waals surface area contributed by atoms with Gasteiger partial charge in [-0.25, -0.2) is 0 Å². The van der Waals surface area contributed by atoms with Crippen molar-refractivity contribution >= 4 is 22.8 Å². The highest BCUT2D eigenvalue weighted by Crippen LogP contribution is 2.38.